The lowest BCUT2D eigenvalue weighted by Gasteiger charge is -2.06. The van der Waals surface area contributed by atoms with Gasteiger partial charge < -0.3 is 10.1 Å². The van der Waals surface area contributed by atoms with Gasteiger partial charge in [-0.25, -0.2) is 0 Å². The van der Waals surface area contributed by atoms with Crippen molar-refractivity contribution in [2.45, 2.75) is 17.7 Å². The van der Waals surface area contributed by atoms with Gasteiger partial charge in [0, 0.05) is 22.0 Å². The molecule has 0 heterocycles. The number of halogens is 1. The van der Waals surface area contributed by atoms with Crippen LogP contribution in [0, 0.1) is 0 Å². The van der Waals surface area contributed by atoms with Crippen molar-refractivity contribution in [3.05, 3.63) is 53.6 Å². The minimum Gasteiger partial charge on any atom is -0.497 e. The van der Waals surface area contributed by atoms with Crippen molar-refractivity contribution in [1.29, 1.82) is 0 Å². The second-order valence-electron chi connectivity index (χ2n) is 4.69. The van der Waals surface area contributed by atoms with E-state index in [1.807, 2.05) is 36.4 Å². The van der Waals surface area contributed by atoms with Crippen LogP contribution in [0.3, 0.4) is 0 Å². The van der Waals surface area contributed by atoms with E-state index in [4.69, 9.17) is 16.3 Å². The van der Waals surface area contributed by atoms with Gasteiger partial charge in [-0.05, 0) is 54.6 Å². The number of methoxy groups -OCH3 is 1. The highest BCUT2D eigenvalue weighted by atomic mass is 35.5. The van der Waals surface area contributed by atoms with Gasteiger partial charge in [-0.2, -0.15) is 0 Å². The lowest BCUT2D eigenvalue weighted by molar-refractivity contribution is -0.116. The highest BCUT2D eigenvalue weighted by Crippen LogP contribution is 2.22. The Bertz CT molecular complexity index is 616. The maximum absolute atomic E-state index is 11.8. The van der Waals surface area contributed by atoms with Crippen LogP contribution >= 0.6 is 23.4 Å². The van der Waals surface area contributed by atoms with Crippen molar-refractivity contribution in [2.24, 2.45) is 0 Å². The van der Waals surface area contributed by atoms with Crippen LogP contribution in [0.4, 0.5) is 5.69 Å². The van der Waals surface area contributed by atoms with Crippen molar-refractivity contribution in [3.8, 4) is 5.75 Å². The Morgan fingerprint density at radius 3 is 2.68 bits per heavy atom. The first-order chi connectivity index (χ1) is 10.7. The zero-order chi connectivity index (χ0) is 15.8. The van der Waals surface area contributed by atoms with E-state index in [1.54, 1.807) is 31.0 Å². The highest BCUT2D eigenvalue weighted by molar-refractivity contribution is 7.99. The second kappa shape index (κ2) is 8.71. The van der Waals surface area contributed by atoms with Crippen LogP contribution in [0.1, 0.15) is 12.8 Å². The average Bonchev–Trinajstić information content (AvgIpc) is 2.52. The molecule has 0 saturated carbocycles. The van der Waals surface area contributed by atoms with Crippen molar-refractivity contribution < 1.29 is 9.53 Å². The Labute approximate surface area is 140 Å². The van der Waals surface area contributed by atoms with Crippen LogP contribution < -0.4 is 10.1 Å². The average molecular weight is 336 g/mol. The Hall–Kier alpha value is -1.65. The maximum Gasteiger partial charge on any atom is 0.224 e. The fourth-order valence-electron chi connectivity index (χ4n) is 1.88. The Morgan fingerprint density at radius 1 is 1.23 bits per heavy atom. The molecule has 1 N–H and O–H groups in total. The molecule has 2 aromatic carbocycles. The van der Waals surface area contributed by atoms with E-state index in [2.05, 4.69) is 5.32 Å². The summed E-state index contributed by atoms with van der Waals surface area (Å²) >= 11 is 7.61. The van der Waals surface area contributed by atoms with Crippen LogP contribution in [0.15, 0.2) is 53.4 Å². The van der Waals surface area contributed by atoms with Crippen LogP contribution in [0.5, 0.6) is 5.75 Å². The monoisotopic (exact) mass is 335 g/mol. The quantitative estimate of drug-likeness (QED) is 0.580. The number of carbonyl (C=O) groups is 1. The summed E-state index contributed by atoms with van der Waals surface area (Å²) in [7, 11) is 1.65. The lowest BCUT2D eigenvalue weighted by atomic mass is 10.3. The number of ether oxygens (including phenoxy) is 1. The molecule has 0 atom stereocenters. The first kappa shape index (κ1) is 16.7. The molecule has 0 aliphatic heterocycles. The summed E-state index contributed by atoms with van der Waals surface area (Å²) in [6, 6.07) is 15.1. The largest absolute Gasteiger partial charge is 0.497 e. The van der Waals surface area contributed by atoms with Crippen LogP contribution in [0.25, 0.3) is 0 Å². The molecule has 0 spiro atoms. The minimum atomic E-state index is 0.0117. The van der Waals surface area contributed by atoms with Gasteiger partial charge in [0.15, 0.2) is 0 Å². The molecule has 2 aromatic rings. The number of rotatable bonds is 7. The smallest absolute Gasteiger partial charge is 0.224 e. The molecule has 0 aromatic heterocycles. The molecule has 116 valence electrons. The molecule has 0 bridgehead atoms. The molecule has 0 aliphatic carbocycles. The predicted octanol–water partition coefficient (Wildman–Crippen LogP) is 4.86. The fraction of sp³-hybridized carbons (Fsp3) is 0.235. The van der Waals surface area contributed by atoms with E-state index in [0.717, 1.165) is 23.6 Å². The summed E-state index contributed by atoms with van der Waals surface area (Å²) in [5.41, 5.74) is 0.736. The zero-order valence-corrected chi connectivity index (χ0v) is 13.9. The normalized spacial score (nSPS) is 10.3. The van der Waals surface area contributed by atoms with Gasteiger partial charge in [0.1, 0.15) is 5.75 Å². The van der Waals surface area contributed by atoms with E-state index in [9.17, 15) is 4.79 Å². The molecule has 3 nitrogen and oxygen atoms in total. The van der Waals surface area contributed by atoms with Gasteiger partial charge in [0.05, 0.1) is 7.11 Å². The number of carbonyl (C=O) groups excluding carboxylic acids is 1. The third-order valence-corrected chi connectivity index (χ3v) is 4.32. The Kier molecular flexibility index (Phi) is 6.62. The second-order valence-corrected chi connectivity index (χ2v) is 6.29. The number of hydrogen-bond donors (Lipinski definition) is 1. The molecule has 0 unspecified atom stereocenters. The topological polar surface area (TPSA) is 38.3 Å². The Balaban J connectivity index is 1.68. The molecular formula is C17H18ClNO2S. The molecule has 0 aliphatic rings. The predicted molar refractivity (Wildman–Crippen MR) is 93.0 cm³/mol. The molecule has 1 amide bonds. The lowest BCUT2D eigenvalue weighted by Crippen LogP contribution is -2.11. The summed E-state index contributed by atoms with van der Waals surface area (Å²) < 4.78 is 5.12. The van der Waals surface area contributed by atoms with Crippen molar-refractivity contribution in [1.82, 2.24) is 0 Å². The summed E-state index contributed by atoms with van der Waals surface area (Å²) in [6.07, 6.45) is 1.32. The number of thioether (sulfide) groups is 1. The number of amides is 1. The first-order valence-electron chi connectivity index (χ1n) is 6.99. The molecule has 0 saturated heterocycles. The first-order valence-corrected chi connectivity index (χ1v) is 8.36. The van der Waals surface area contributed by atoms with Crippen LogP contribution in [0.2, 0.25) is 5.02 Å². The maximum atomic E-state index is 11.8. The fourth-order valence-corrected chi connectivity index (χ4v) is 2.93. The number of anilines is 1. The Morgan fingerprint density at radius 2 is 2.00 bits per heavy atom. The van der Waals surface area contributed by atoms with Gasteiger partial charge in [-0.15, -0.1) is 11.8 Å². The summed E-state index contributed by atoms with van der Waals surface area (Å²) in [5.74, 6) is 1.76. The van der Waals surface area contributed by atoms with Crippen LogP contribution in [-0.2, 0) is 4.79 Å². The molecule has 5 heteroatoms. The van der Waals surface area contributed by atoms with E-state index in [1.165, 1.54) is 4.90 Å². The zero-order valence-electron chi connectivity index (χ0n) is 12.3. The van der Waals surface area contributed by atoms with Crippen LogP contribution in [-0.4, -0.2) is 18.8 Å². The molecular weight excluding hydrogens is 318 g/mol. The SMILES string of the molecule is COc1ccc(SCCCC(=O)Nc2cccc(Cl)c2)cc1. The summed E-state index contributed by atoms with van der Waals surface area (Å²) in [6.45, 7) is 0. The van der Waals surface area contributed by atoms with E-state index in [0.29, 0.717) is 11.4 Å². The molecule has 22 heavy (non-hydrogen) atoms. The highest BCUT2D eigenvalue weighted by Gasteiger charge is 2.03. The number of benzene rings is 2. The molecule has 2 rings (SSSR count). The third kappa shape index (κ3) is 5.62. The summed E-state index contributed by atoms with van der Waals surface area (Å²) in [5, 5.41) is 3.47. The van der Waals surface area contributed by atoms with E-state index >= 15 is 0 Å². The molecule has 0 radical (unpaired) electrons. The molecule has 0 fully saturated rings. The minimum absolute atomic E-state index is 0.0117. The van der Waals surface area contributed by atoms with Gasteiger partial charge in [0.2, 0.25) is 5.91 Å². The summed E-state index contributed by atoms with van der Waals surface area (Å²) in [4.78, 5) is 13.0. The standard InChI is InChI=1S/C17H18ClNO2S/c1-21-15-7-9-16(10-8-15)22-11-3-6-17(20)19-14-5-2-4-13(18)12-14/h2,4-5,7-10,12H,3,6,11H2,1H3,(H,19,20). The third-order valence-electron chi connectivity index (χ3n) is 2.98. The van der Waals surface area contributed by atoms with Crippen molar-refractivity contribution >= 4 is 35.0 Å². The van der Waals surface area contributed by atoms with Crippen molar-refractivity contribution in [3.63, 3.8) is 0 Å². The van der Waals surface area contributed by atoms with E-state index in [-0.39, 0.29) is 5.91 Å². The number of nitrogens with one attached hydrogen (secondary N) is 1. The van der Waals surface area contributed by atoms with Gasteiger partial charge >= 0.3 is 0 Å². The van der Waals surface area contributed by atoms with Gasteiger partial charge in [-0.3, -0.25) is 4.79 Å². The van der Waals surface area contributed by atoms with E-state index < -0.39 is 0 Å². The van der Waals surface area contributed by atoms with Gasteiger partial charge in [0.25, 0.3) is 0 Å². The number of hydrogen-bond acceptors (Lipinski definition) is 3. The van der Waals surface area contributed by atoms with Gasteiger partial charge in [-0.1, -0.05) is 17.7 Å². The van der Waals surface area contributed by atoms with Crippen molar-refractivity contribution in [2.75, 3.05) is 18.2 Å².